The second kappa shape index (κ2) is 3.40. The summed E-state index contributed by atoms with van der Waals surface area (Å²) in [6, 6.07) is -0.824. The van der Waals surface area contributed by atoms with Gasteiger partial charge in [0.1, 0.15) is 6.04 Å². The van der Waals surface area contributed by atoms with E-state index in [-0.39, 0.29) is 0 Å². The number of hydroxylamine groups is 1. The lowest BCUT2D eigenvalue weighted by atomic mass is 10.2. The molecule has 0 bridgehead atoms. The van der Waals surface area contributed by atoms with Gasteiger partial charge in [-0.15, -0.1) is 0 Å². The van der Waals surface area contributed by atoms with Crippen molar-refractivity contribution in [3.63, 3.8) is 0 Å². The van der Waals surface area contributed by atoms with Crippen LogP contribution in [0.4, 0.5) is 0 Å². The third-order valence-corrected chi connectivity index (χ3v) is 0.862. The molecule has 0 aromatic carbocycles. The predicted molar refractivity (Wildman–Crippen MR) is 26.6 cm³/mol. The van der Waals surface area contributed by atoms with Crippen LogP contribution < -0.4 is 5.48 Å². The number of rotatable bonds is 3. The van der Waals surface area contributed by atoms with Crippen molar-refractivity contribution >= 4 is 5.97 Å². The lowest BCUT2D eigenvalue weighted by Gasteiger charge is -2.03. The second-order valence-corrected chi connectivity index (χ2v) is 1.43. The van der Waals surface area contributed by atoms with Crippen molar-refractivity contribution in [1.82, 2.24) is 5.48 Å². The lowest BCUT2D eigenvalue weighted by Crippen LogP contribution is -2.33. The molecular formula is C4H9NO3. The molecule has 1 atom stereocenters. The van der Waals surface area contributed by atoms with Crippen molar-refractivity contribution in [1.29, 1.82) is 0 Å². The SMILES string of the molecule is CC[C@@H](NO)C(=O)O. The summed E-state index contributed by atoms with van der Waals surface area (Å²) in [7, 11) is 0. The van der Waals surface area contributed by atoms with Crippen LogP contribution in [0.25, 0.3) is 0 Å². The van der Waals surface area contributed by atoms with E-state index in [1.54, 1.807) is 12.4 Å². The van der Waals surface area contributed by atoms with E-state index in [1.165, 1.54) is 0 Å². The minimum Gasteiger partial charge on any atom is -0.480 e. The molecule has 3 N–H and O–H groups in total. The topological polar surface area (TPSA) is 69.6 Å². The van der Waals surface area contributed by atoms with Crippen molar-refractivity contribution < 1.29 is 15.1 Å². The van der Waals surface area contributed by atoms with E-state index in [0.717, 1.165) is 0 Å². The maximum absolute atomic E-state index is 9.94. The van der Waals surface area contributed by atoms with Gasteiger partial charge in [0, 0.05) is 0 Å². The van der Waals surface area contributed by atoms with E-state index in [9.17, 15) is 4.79 Å². The van der Waals surface area contributed by atoms with E-state index in [4.69, 9.17) is 10.3 Å². The Morgan fingerprint density at radius 3 is 2.38 bits per heavy atom. The molecule has 0 fully saturated rings. The van der Waals surface area contributed by atoms with Crippen molar-refractivity contribution in [3.05, 3.63) is 0 Å². The predicted octanol–water partition coefficient (Wildman–Crippen LogP) is -0.172. The average Bonchev–Trinajstić information content (AvgIpc) is 1.69. The van der Waals surface area contributed by atoms with Gasteiger partial charge in [-0.2, -0.15) is 5.48 Å². The number of hydrogen-bond donors (Lipinski definition) is 3. The molecular weight excluding hydrogens is 110 g/mol. The van der Waals surface area contributed by atoms with Gasteiger partial charge in [0.2, 0.25) is 0 Å². The smallest absolute Gasteiger partial charge is 0.323 e. The van der Waals surface area contributed by atoms with Crippen LogP contribution in [0.2, 0.25) is 0 Å². The summed E-state index contributed by atoms with van der Waals surface area (Å²) in [4.78, 5) is 9.94. The Hall–Kier alpha value is -0.610. The molecule has 0 saturated heterocycles. The Bertz CT molecular complexity index is 79.4. The zero-order valence-corrected chi connectivity index (χ0v) is 4.59. The van der Waals surface area contributed by atoms with Gasteiger partial charge in [-0.3, -0.25) is 4.79 Å². The van der Waals surface area contributed by atoms with E-state index in [0.29, 0.717) is 6.42 Å². The van der Waals surface area contributed by atoms with Gasteiger partial charge in [-0.1, -0.05) is 6.92 Å². The second-order valence-electron chi connectivity index (χ2n) is 1.43. The van der Waals surface area contributed by atoms with Gasteiger partial charge in [-0.05, 0) is 6.42 Å². The Kier molecular flexibility index (Phi) is 3.14. The highest BCUT2D eigenvalue weighted by Gasteiger charge is 2.11. The van der Waals surface area contributed by atoms with Gasteiger partial charge in [0.15, 0.2) is 0 Å². The molecule has 0 unspecified atom stereocenters. The summed E-state index contributed by atoms with van der Waals surface area (Å²) in [5.41, 5.74) is 1.65. The average molecular weight is 119 g/mol. The summed E-state index contributed by atoms with van der Waals surface area (Å²) >= 11 is 0. The van der Waals surface area contributed by atoms with E-state index < -0.39 is 12.0 Å². The fourth-order valence-electron chi connectivity index (χ4n) is 0.321. The van der Waals surface area contributed by atoms with Crippen LogP contribution in [-0.2, 0) is 4.79 Å². The van der Waals surface area contributed by atoms with Crippen LogP contribution in [0.1, 0.15) is 13.3 Å². The molecule has 0 aliphatic heterocycles. The molecule has 8 heavy (non-hydrogen) atoms. The monoisotopic (exact) mass is 119 g/mol. The third kappa shape index (κ3) is 1.90. The quantitative estimate of drug-likeness (QED) is 0.451. The molecule has 4 heteroatoms. The summed E-state index contributed by atoms with van der Waals surface area (Å²) in [6.07, 6.45) is 0.381. The number of carbonyl (C=O) groups is 1. The molecule has 0 aliphatic carbocycles. The van der Waals surface area contributed by atoms with E-state index in [1.807, 2.05) is 0 Å². The van der Waals surface area contributed by atoms with Gasteiger partial charge >= 0.3 is 5.97 Å². The zero-order valence-electron chi connectivity index (χ0n) is 4.59. The Balaban J connectivity index is 3.52. The van der Waals surface area contributed by atoms with E-state index in [2.05, 4.69) is 0 Å². The highest BCUT2D eigenvalue weighted by Crippen LogP contribution is 1.86. The van der Waals surface area contributed by atoms with Crippen molar-refractivity contribution in [2.75, 3.05) is 0 Å². The minimum atomic E-state index is -1.03. The first-order valence-electron chi connectivity index (χ1n) is 2.34. The maximum atomic E-state index is 9.94. The van der Waals surface area contributed by atoms with Crippen LogP contribution in [0.5, 0.6) is 0 Å². The molecule has 0 saturated carbocycles. The fourth-order valence-corrected chi connectivity index (χ4v) is 0.321. The minimum absolute atomic E-state index is 0.381. The summed E-state index contributed by atoms with van der Waals surface area (Å²) in [5.74, 6) is -1.03. The summed E-state index contributed by atoms with van der Waals surface area (Å²) < 4.78 is 0. The number of aliphatic carboxylic acids is 1. The molecule has 48 valence electrons. The first kappa shape index (κ1) is 7.39. The Labute approximate surface area is 47.1 Å². The van der Waals surface area contributed by atoms with Gasteiger partial charge in [0.25, 0.3) is 0 Å². The van der Waals surface area contributed by atoms with Crippen molar-refractivity contribution in [2.45, 2.75) is 19.4 Å². The fraction of sp³-hybridized carbons (Fsp3) is 0.750. The summed E-state index contributed by atoms with van der Waals surface area (Å²) in [6.45, 7) is 1.67. The Morgan fingerprint density at radius 2 is 2.38 bits per heavy atom. The van der Waals surface area contributed by atoms with Crippen molar-refractivity contribution in [2.24, 2.45) is 0 Å². The van der Waals surface area contributed by atoms with E-state index >= 15 is 0 Å². The Morgan fingerprint density at radius 1 is 1.88 bits per heavy atom. The largest absolute Gasteiger partial charge is 0.480 e. The molecule has 0 aromatic heterocycles. The number of nitrogens with one attached hydrogen (secondary N) is 1. The van der Waals surface area contributed by atoms with Crippen LogP contribution in [0.15, 0.2) is 0 Å². The third-order valence-electron chi connectivity index (χ3n) is 0.862. The lowest BCUT2D eigenvalue weighted by molar-refractivity contribution is -0.142. The molecule has 0 aliphatic rings. The van der Waals surface area contributed by atoms with Crippen molar-refractivity contribution in [3.8, 4) is 0 Å². The molecule has 0 spiro atoms. The number of carboxylic acids is 1. The molecule has 0 rings (SSSR count). The maximum Gasteiger partial charge on any atom is 0.323 e. The van der Waals surface area contributed by atoms with Crippen LogP contribution >= 0.6 is 0 Å². The van der Waals surface area contributed by atoms with Crippen LogP contribution in [0.3, 0.4) is 0 Å². The summed E-state index contributed by atoms with van der Waals surface area (Å²) in [5, 5.41) is 16.2. The molecule has 0 radical (unpaired) electrons. The van der Waals surface area contributed by atoms with Gasteiger partial charge in [0.05, 0.1) is 0 Å². The normalized spacial score (nSPS) is 13.2. The standard InChI is InChI=1S/C4H9NO3/c1-2-3(5-8)4(6)7/h3,5,8H,2H2,1H3,(H,6,7)/t3-/m1/s1. The highest BCUT2D eigenvalue weighted by molar-refractivity contribution is 5.72. The molecule has 0 aromatic rings. The number of hydrogen-bond acceptors (Lipinski definition) is 3. The first-order valence-corrected chi connectivity index (χ1v) is 2.34. The van der Waals surface area contributed by atoms with Crippen LogP contribution in [0, 0.1) is 0 Å². The first-order chi connectivity index (χ1) is 3.72. The zero-order chi connectivity index (χ0) is 6.57. The van der Waals surface area contributed by atoms with Gasteiger partial charge in [-0.25, -0.2) is 0 Å². The molecule has 0 heterocycles. The molecule has 0 amide bonds. The molecule has 4 nitrogen and oxygen atoms in total. The van der Waals surface area contributed by atoms with Gasteiger partial charge < -0.3 is 10.3 Å². The van der Waals surface area contributed by atoms with Crippen LogP contribution in [-0.4, -0.2) is 22.3 Å². The number of carboxylic acid groups (broad SMARTS) is 1. The highest BCUT2D eigenvalue weighted by atomic mass is 16.5.